The van der Waals surface area contributed by atoms with Crippen LogP contribution in [0, 0.1) is 5.92 Å². The van der Waals surface area contributed by atoms with Crippen molar-refractivity contribution in [1.29, 1.82) is 0 Å². The number of carbonyl (C=O) groups is 6. The minimum atomic E-state index is -1.14. The first kappa shape index (κ1) is 39.5. The second kappa shape index (κ2) is 18.8. The third kappa shape index (κ3) is 11.4. The van der Waals surface area contributed by atoms with E-state index in [9.17, 15) is 33.9 Å². The summed E-state index contributed by atoms with van der Waals surface area (Å²) >= 11 is 0. The Kier molecular flexibility index (Phi) is 14.3. The number of nitrogens with zero attached hydrogens (tertiary/aromatic N) is 1. The summed E-state index contributed by atoms with van der Waals surface area (Å²) in [6.07, 6.45) is 4.67. The summed E-state index contributed by atoms with van der Waals surface area (Å²) < 4.78 is 0. The standard InChI is InChI=1S/C38H51N7O7/c1-4-23(2)35-37(51)42-28(18-26-11-14-30(47)15-12-26)13-16-33(48)40-22-31(41-24(3)46)38(52)45-17-5-6-32(45)36(50)43-29(20-34(49)44-35)19-25-7-9-27(21-39)10-8-25/h7-16,23,28-29,31-32,35,47H,4-6,17-22,39H2,1-3H3,(H,40,48)(H,41,46)(H,42,51)(H,43,50)(H,44,49)/b16-13+/t23-,28+,29-,31-,32-,35+/m0/s1. The number of fused-ring (bicyclic) bond motifs is 1. The van der Waals surface area contributed by atoms with Crippen molar-refractivity contribution in [3.8, 4) is 5.75 Å². The van der Waals surface area contributed by atoms with Crippen LogP contribution in [0.2, 0.25) is 0 Å². The molecule has 14 heteroatoms. The Morgan fingerprint density at radius 2 is 1.60 bits per heavy atom. The van der Waals surface area contributed by atoms with Crippen molar-refractivity contribution in [2.45, 2.75) is 96.1 Å². The maximum absolute atomic E-state index is 13.9. The van der Waals surface area contributed by atoms with Gasteiger partial charge in [-0.1, -0.05) is 62.7 Å². The van der Waals surface area contributed by atoms with Gasteiger partial charge in [0.15, 0.2) is 0 Å². The van der Waals surface area contributed by atoms with Gasteiger partial charge in [0.05, 0.1) is 6.04 Å². The zero-order valence-corrected chi connectivity index (χ0v) is 30.0. The average Bonchev–Trinajstić information content (AvgIpc) is 3.62. The van der Waals surface area contributed by atoms with E-state index in [0.717, 1.165) is 16.7 Å². The lowest BCUT2D eigenvalue weighted by Gasteiger charge is -2.30. The lowest BCUT2D eigenvalue weighted by atomic mass is 9.96. The summed E-state index contributed by atoms with van der Waals surface area (Å²) in [7, 11) is 0. The van der Waals surface area contributed by atoms with Crippen molar-refractivity contribution < 1.29 is 33.9 Å². The van der Waals surface area contributed by atoms with Crippen LogP contribution in [0.15, 0.2) is 60.7 Å². The van der Waals surface area contributed by atoms with Crippen LogP contribution in [-0.4, -0.2) is 88.7 Å². The van der Waals surface area contributed by atoms with Crippen LogP contribution in [0.1, 0.15) is 63.1 Å². The fraction of sp³-hybridized carbons (Fsp3) is 0.474. The van der Waals surface area contributed by atoms with Crippen molar-refractivity contribution in [3.63, 3.8) is 0 Å². The van der Waals surface area contributed by atoms with E-state index in [1.807, 2.05) is 38.1 Å². The second-order valence-electron chi connectivity index (χ2n) is 13.6. The molecular weight excluding hydrogens is 666 g/mol. The summed E-state index contributed by atoms with van der Waals surface area (Å²) in [5.41, 5.74) is 8.33. The van der Waals surface area contributed by atoms with Crippen LogP contribution in [0.4, 0.5) is 0 Å². The van der Waals surface area contributed by atoms with Gasteiger partial charge in [0, 0.05) is 45.1 Å². The van der Waals surface area contributed by atoms with Crippen molar-refractivity contribution in [3.05, 3.63) is 77.4 Å². The molecule has 8 N–H and O–H groups in total. The molecule has 6 amide bonds. The second-order valence-corrected chi connectivity index (χ2v) is 13.6. The summed E-state index contributed by atoms with van der Waals surface area (Å²) in [4.78, 5) is 81.8. The average molecular weight is 718 g/mol. The zero-order chi connectivity index (χ0) is 37.8. The maximum atomic E-state index is 13.9. The highest BCUT2D eigenvalue weighted by molar-refractivity contribution is 5.94. The number of rotatable bonds is 8. The molecule has 2 aromatic rings. The highest BCUT2D eigenvalue weighted by Gasteiger charge is 2.38. The van der Waals surface area contributed by atoms with Crippen LogP contribution >= 0.6 is 0 Å². The van der Waals surface area contributed by atoms with Gasteiger partial charge in [-0.05, 0) is 60.4 Å². The third-order valence-electron chi connectivity index (χ3n) is 9.52. The van der Waals surface area contributed by atoms with E-state index < -0.39 is 65.7 Å². The first-order chi connectivity index (χ1) is 24.9. The Hall–Kier alpha value is -5.24. The molecule has 6 atom stereocenters. The number of benzene rings is 2. The largest absolute Gasteiger partial charge is 0.508 e. The van der Waals surface area contributed by atoms with Crippen molar-refractivity contribution in [2.75, 3.05) is 13.1 Å². The Morgan fingerprint density at radius 3 is 2.25 bits per heavy atom. The van der Waals surface area contributed by atoms with Crippen molar-refractivity contribution >= 4 is 35.4 Å². The maximum Gasteiger partial charge on any atom is 0.247 e. The molecule has 0 aliphatic carbocycles. The Balaban J connectivity index is 1.69. The Morgan fingerprint density at radius 1 is 0.942 bits per heavy atom. The molecule has 0 aromatic heterocycles. The van der Waals surface area contributed by atoms with Crippen LogP contribution in [0.25, 0.3) is 0 Å². The monoisotopic (exact) mass is 717 g/mol. The quantitative estimate of drug-likeness (QED) is 0.206. The molecule has 4 rings (SSSR count). The molecule has 0 radical (unpaired) electrons. The van der Waals surface area contributed by atoms with Gasteiger partial charge >= 0.3 is 0 Å². The Bertz CT molecular complexity index is 1610. The molecule has 52 heavy (non-hydrogen) atoms. The molecular formula is C38H51N7O7. The number of phenolic OH excluding ortho intramolecular Hbond substituents is 1. The zero-order valence-electron chi connectivity index (χ0n) is 30.0. The molecule has 2 aromatic carbocycles. The van der Waals surface area contributed by atoms with E-state index in [1.54, 1.807) is 12.1 Å². The number of nitrogens with one attached hydrogen (secondary N) is 5. The van der Waals surface area contributed by atoms with Crippen molar-refractivity contribution in [2.24, 2.45) is 11.7 Å². The van der Waals surface area contributed by atoms with Crippen LogP contribution in [0.3, 0.4) is 0 Å². The summed E-state index contributed by atoms with van der Waals surface area (Å²) in [6, 6.07) is 9.66. The molecule has 1 saturated heterocycles. The van der Waals surface area contributed by atoms with E-state index in [-0.39, 0.29) is 37.6 Å². The third-order valence-corrected chi connectivity index (χ3v) is 9.52. The summed E-state index contributed by atoms with van der Waals surface area (Å²) in [6.45, 7) is 5.42. The molecule has 2 aliphatic rings. The SMILES string of the molecule is CC[C@H](C)[C@H]1NC(=O)C[C@H](Cc2ccc(CN)cc2)NC(=O)[C@@H]2CCCN2C(=O)[C@@H](NC(C)=O)CNC(=O)/C=C/[C@H](Cc2ccc(O)cc2)NC1=O. The van der Waals surface area contributed by atoms with Gasteiger partial charge in [-0.25, -0.2) is 0 Å². The molecule has 0 saturated carbocycles. The van der Waals surface area contributed by atoms with E-state index in [0.29, 0.717) is 32.2 Å². The number of aromatic hydroxyl groups is 1. The van der Waals surface area contributed by atoms with Gasteiger partial charge in [-0.3, -0.25) is 28.8 Å². The topological polar surface area (TPSA) is 212 Å². The molecule has 0 bridgehead atoms. The van der Waals surface area contributed by atoms with Gasteiger partial charge in [0.25, 0.3) is 0 Å². The van der Waals surface area contributed by atoms with Gasteiger partial charge in [0.2, 0.25) is 35.4 Å². The smallest absolute Gasteiger partial charge is 0.247 e. The van der Waals surface area contributed by atoms with Crippen LogP contribution in [0.5, 0.6) is 5.75 Å². The normalized spacial score (nSPS) is 24.9. The lowest BCUT2D eigenvalue weighted by molar-refractivity contribution is -0.141. The minimum Gasteiger partial charge on any atom is -0.508 e. The number of hydrogen-bond acceptors (Lipinski definition) is 8. The predicted octanol–water partition coefficient (Wildman–Crippen LogP) is 0.708. The number of carbonyl (C=O) groups excluding carboxylic acids is 6. The molecule has 2 heterocycles. The molecule has 0 unspecified atom stereocenters. The van der Waals surface area contributed by atoms with Gasteiger partial charge in [-0.15, -0.1) is 0 Å². The molecule has 0 spiro atoms. The number of nitrogens with two attached hydrogens (primary N) is 1. The van der Waals surface area contributed by atoms with Crippen LogP contribution < -0.4 is 32.3 Å². The van der Waals surface area contributed by atoms with E-state index >= 15 is 0 Å². The number of amides is 6. The molecule has 1 fully saturated rings. The van der Waals surface area contributed by atoms with E-state index in [2.05, 4.69) is 26.6 Å². The van der Waals surface area contributed by atoms with E-state index in [4.69, 9.17) is 5.73 Å². The first-order valence-electron chi connectivity index (χ1n) is 17.9. The number of hydrogen-bond donors (Lipinski definition) is 7. The van der Waals surface area contributed by atoms with Crippen molar-refractivity contribution in [1.82, 2.24) is 31.5 Å². The highest BCUT2D eigenvalue weighted by atomic mass is 16.3. The minimum absolute atomic E-state index is 0.0772. The van der Waals surface area contributed by atoms with Gasteiger partial charge < -0.3 is 42.3 Å². The van der Waals surface area contributed by atoms with E-state index in [1.165, 1.54) is 36.1 Å². The summed E-state index contributed by atoms with van der Waals surface area (Å²) in [5.74, 6) is -3.11. The fourth-order valence-corrected chi connectivity index (χ4v) is 6.47. The molecule has 2 aliphatic heterocycles. The Labute approximate surface area is 304 Å². The highest BCUT2D eigenvalue weighted by Crippen LogP contribution is 2.20. The van der Waals surface area contributed by atoms with Gasteiger partial charge in [0.1, 0.15) is 23.9 Å². The summed E-state index contributed by atoms with van der Waals surface area (Å²) in [5, 5.41) is 23.9. The predicted molar refractivity (Wildman–Crippen MR) is 194 cm³/mol. The van der Waals surface area contributed by atoms with Crippen LogP contribution in [-0.2, 0) is 48.2 Å². The molecule has 280 valence electrons. The fourth-order valence-electron chi connectivity index (χ4n) is 6.47. The first-order valence-corrected chi connectivity index (χ1v) is 17.9. The van der Waals surface area contributed by atoms with Gasteiger partial charge in [-0.2, -0.15) is 0 Å². The number of phenols is 1. The lowest BCUT2D eigenvalue weighted by Crippen LogP contribution is -2.57. The molecule has 14 nitrogen and oxygen atoms in total.